The summed E-state index contributed by atoms with van der Waals surface area (Å²) < 4.78 is 5.57. The van der Waals surface area contributed by atoms with E-state index >= 15 is 0 Å². The zero-order chi connectivity index (χ0) is 13.1. The van der Waals surface area contributed by atoms with E-state index in [0.717, 1.165) is 25.2 Å². The zero-order valence-electron chi connectivity index (χ0n) is 11.5. The van der Waals surface area contributed by atoms with E-state index in [1.807, 2.05) is 25.4 Å². The molecular weight excluding hydrogens is 236 g/mol. The molecular formula is C16H22N2O. The quantitative estimate of drug-likeness (QED) is 0.836. The largest absolute Gasteiger partial charge is 0.464 e. The van der Waals surface area contributed by atoms with Gasteiger partial charge in [0, 0.05) is 30.6 Å². The molecule has 3 nitrogen and oxygen atoms in total. The van der Waals surface area contributed by atoms with Crippen LogP contribution in [-0.4, -0.2) is 20.1 Å². The first-order chi connectivity index (χ1) is 9.33. The van der Waals surface area contributed by atoms with Crippen molar-refractivity contribution in [1.82, 2.24) is 10.6 Å². The first-order valence-electron chi connectivity index (χ1n) is 7.13. The summed E-state index contributed by atoms with van der Waals surface area (Å²) in [6.07, 6.45) is 5.93. The van der Waals surface area contributed by atoms with Crippen LogP contribution in [0.2, 0.25) is 0 Å². The molecule has 1 aliphatic carbocycles. The summed E-state index contributed by atoms with van der Waals surface area (Å²) >= 11 is 0. The minimum atomic E-state index is 0.480. The number of rotatable bonds is 6. The third-order valence-corrected chi connectivity index (χ3v) is 4.34. The van der Waals surface area contributed by atoms with Crippen molar-refractivity contribution in [1.29, 1.82) is 0 Å². The Balaban J connectivity index is 1.60. The Hall–Kier alpha value is -1.32. The lowest BCUT2D eigenvalue weighted by atomic mass is 9.68. The fourth-order valence-electron chi connectivity index (χ4n) is 3.10. The van der Waals surface area contributed by atoms with Gasteiger partial charge in [0.15, 0.2) is 0 Å². The van der Waals surface area contributed by atoms with E-state index in [9.17, 15) is 0 Å². The lowest BCUT2D eigenvalue weighted by Gasteiger charge is -2.42. The van der Waals surface area contributed by atoms with Gasteiger partial charge < -0.3 is 15.1 Å². The lowest BCUT2D eigenvalue weighted by Crippen LogP contribution is -2.46. The van der Waals surface area contributed by atoms with Crippen LogP contribution in [-0.2, 0) is 6.54 Å². The molecule has 1 heterocycles. The van der Waals surface area contributed by atoms with E-state index in [4.69, 9.17) is 4.42 Å². The maximum atomic E-state index is 5.57. The fourth-order valence-corrected chi connectivity index (χ4v) is 3.10. The van der Waals surface area contributed by atoms with Gasteiger partial charge in [-0.1, -0.05) is 24.6 Å². The highest BCUT2D eigenvalue weighted by Crippen LogP contribution is 2.39. The smallest absolute Gasteiger partial charge is 0.134 e. The topological polar surface area (TPSA) is 37.2 Å². The molecule has 1 saturated carbocycles. The fraction of sp³-hybridized carbons (Fsp3) is 0.500. The molecule has 1 fully saturated rings. The van der Waals surface area contributed by atoms with Gasteiger partial charge in [-0.15, -0.1) is 0 Å². The van der Waals surface area contributed by atoms with Gasteiger partial charge in [0.25, 0.3) is 0 Å². The van der Waals surface area contributed by atoms with Crippen molar-refractivity contribution in [2.24, 2.45) is 5.41 Å². The highest BCUT2D eigenvalue weighted by molar-refractivity contribution is 5.80. The van der Waals surface area contributed by atoms with Crippen LogP contribution in [0.25, 0.3) is 11.0 Å². The second-order valence-electron chi connectivity index (χ2n) is 5.74. The van der Waals surface area contributed by atoms with Crippen LogP contribution in [0.3, 0.4) is 0 Å². The third-order valence-electron chi connectivity index (χ3n) is 4.34. The molecule has 1 aliphatic rings. The number of furan rings is 1. The molecule has 102 valence electrons. The molecule has 3 heteroatoms. The van der Waals surface area contributed by atoms with Gasteiger partial charge in [-0.3, -0.25) is 0 Å². The van der Waals surface area contributed by atoms with Crippen LogP contribution in [0, 0.1) is 5.41 Å². The Labute approximate surface area is 114 Å². The molecule has 0 radical (unpaired) electrons. The van der Waals surface area contributed by atoms with Crippen LogP contribution >= 0.6 is 0 Å². The predicted molar refractivity (Wildman–Crippen MR) is 78.1 cm³/mol. The molecule has 0 bridgehead atoms. The molecule has 0 spiro atoms. The van der Waals surface area contributed by atoms with Crippen molar-refractivity contribution in [3.8, 4) is 0 Å². The van der Waals surface area contributed by atoms with Gasteiger partial charge >= 0.3 is 0 Å². The van der Waals surface area contributed by atoms with Crippen LogP contribution in [0.1, 0.15) is 24.8 Å². The van der Waals surface area contributed by atoms with Gasteiger partial charge in [0.2, 0.25) is 0 Å². The zero-order valence-corrected chi connectivity index (χ0v) is 11.5. The molecule has 3 rings (SSSR count). The summed E-state index contributed by atoms with van der Waals surface area (Å²) in [6, 6.07) is 8.23. The Morgan fingerprint density at radius 3 is 2.79 bits per heavy atom. The van der Waals surface area contributed by atoms with Gasteiger partial charge in [-0.05, 0) is 31.4 Å². The van der Waals surface area contributed by atoms with E-state index < -0.39 is 0 Å². The Morgan fingerprint density at radius 2 is 2.05 bits per heavy atom. The van der Waals surface area contributed by atoms with Crippen molar-refractivity contribution in [2.45, 2.75) is 25.8 Å². The lowest BCUT2D eigenvalue weighted by molar-refractivity contribution is 0.130. The molecule has 1 aromatic carbocycles. The molecule has 0 unspecified atom stereocenters. The summed E-state index contributed by atoms with van der Waals surface area (Å²) in [5.41, 5.74) is 2.72. The van der Waals surface area contributed by atoms with Gasteiger partial charge in [-0.2, -0.15) is 0 Å². The number of para-hydroxylation sites is 1. The molecule has 0 saturated heterocycles. The minimum Gasteiger partial charge on any atom is -0.464 e. The van der Waals surface area contributed by atoms with Crippen molar-refractivity contribution < 1.29 is 4.42 Å². The second kappa shape index (κ2) is 5.35. The van der Waals surface area contributed by atoms with Gasteiger partial charge in [0.05, 0.1) is 6.26 Å². The predicted octanol–water partition coefficient (Wildman–Crippen LogP) is 2.91. The van der Waals surface area contributed by atoms with Gasteiger partial charge in [-0.25, -0.2) is 0 Å². The van der Waals surface area contributed by atoms with Gasteiger partial charge in [0.1, 0.15) is 5.58 Å². The third kappa shape index (κ3) is 2.53. The van der Waals surface area contributed by atoms with Crippen molar-refractivity contribution in [3.63, 3.8) is 0 Å². The Kier molecular flexibility index (Phi) is 3.58. The monoisotopic (exact) mass is 258 g/mol. The van der Waals surface area contributed by atoms with Crippen molar-refractivity contribution in [2.75, 3.05) is 20.1 Å². The Morgan fingerprint density at radius 1 is 1.21 bits per heavy atom. The number of fused-ring (bicyclic) bond motifs is 1. The SMILES string of the molecule is CNCC1(CNCc2coc3ccccc23)CCC1. The second-order valence-corrected chi connectivity index (χ2v) is 5.74. The maximum Gasteiger partial charge on any atom is 0.134 e. The minimum absolute atomic E-state index is 0.480. The van der Waals surface area contributed by atoms with Crippen LogP contribution in [0.15, 0.2) is 34.9 Å². The van der Waals surface area contributed by atoms with E-state index in [0.29, 0.717) is 5.41 Å². The van der Waals surface area contributed by atoms with Crippen LogP contribution < -0.4 is 10.6 Å². The molecule has 0 amide bonds. The first kappa shape index (κ1) is 12.7. The van der Waals surface area contributed by atoms with E-state index in [2.05, 4.69) is 22.8 Å². The molecule has 2 aromatic rings. The van der Waals surface area contributed by atoms with E-state index in [1.54, 1.807) is 0 Å². The summed E-state index contributed by atoms with van der Waals surface area (Å²) in [7, 11) is 2.05. The highest BCUT2D eigenvalue weighted by Gasteiger charge is 2.35. The summed E-state index contributed by atoms with van der Waals surface area (Å²) in [5.74, 6) is 0. The van der Waals surface area contributed by atoms with Crippen LogP contribution in [0.5, 0.6) is 0 Å². The Bertz CT molecular complexity index is 542. The number of nitrogens with one attached hydrogen (secondary N) is 2. The molecule has 19 heavy (non-hydrogen) atoms. The highest BCUT2D eigenvalue weighted by atomic mass is 16.3. The summed E-state index contributed by atoms with van der Waals surface area (Å²) in [5, 5.41) is 8.16. The van der Waals surface area contributed by atoms with Crippen molar-refractivity contribution >= 4 is 11.0 Å². The molecule has 1 aromatic heterocycles. The number of hydrogen-bond donors (Lipinski definition) is 2. The van der Waals surface area contributed by atoms with E-state index in [1.165, 1.54) is 30.2 Å². The van der Waals surface area contributed by atoms with Crippen LogP contribution in [0.4, 0.5) is 0 Å². The van der Waals surface area contributed by atoms with E-state index in [-0.39, 0.29) is 0 Å². The standard InChI is InChI=1S/C16H22N2O/c1-17-11-16(7-4-8-16)12-18-9-13-10-19-15-6-3-2-5-14(13)15/h2-3,5-6,10,17-18H,4,7-9,11-12H2,1H3. The molecule has 0 atom stereocenters. The average molecular weight is 258 g/mol. The van der Waals surface area contributed by atoms with Crippen molar-refractivity contribution in [3.05, 3.63) is 36.1 Å². The summed E-state index contributed by atoms with van der Waals surface area (Å²) in [6.45, 7) is 3.10. The molecule has 0 aliphatic heterocycles. The number of benzene rings is 1. The first-order valence-corrected chi connectivity index (χ1v) is 7.13. The number of hydrogen-bond acceptors (Lipinski definition) is 3. The maximum absolute atomic E-state index is 5.57. The average Bonchev–Trinajstić information content (AvgIpc) is 2.79. The summed E-state index contributed by atoms with van der Waals surface area (Å²) in [4.78, 5) is 0. The normalized spacial score (nSPS) is 17.5. The molecule has 2 N–H and O–H groups in total.